The monoisotopic (exact) mass is 285 g/mol. The number of aromatic nitrogens is 4. The van der Waals surface area contributed by atoms with Crippen molar-refractivity contribution in [2.24, 2.45) is 0 Å². The van der Waals surface area contributed by atoms with Crippen molar-refractivity contribution in [2.45, 2.75) is 19.5 Å². The van der Waals surface area contributed by atoms with Crippen LogP contribution in [0.15, 0.2) is 47.8 Å². The van der Waals surface area contributed by atoms with Gasteiger partial charge in [-0.2, -0.15) is 4.68 Å². The van der Waals surface area contributed by atoms with Gasteiger partial charge in [0.15, 0.2) is 5.82 Å². The third-order valence-corrected chi connectivity index (χ3v) is 4.13. The maximum atomic E-state index is 4.09. The van der Waals surface area contributed by atoms with Crippen LogP contribution in [-0.4, -0.2) is 20.2 Å². The van der Waals surface area contributed by atoms with E-state index in [1.165, 1.54) is 4.88 Å². The molecule has 2 aromatic heterocycles. The fraction of sp³-hybridized carbons (Fsp3) is 0.214. The van der Waals surface area contributed by atoms with Gasteiger partial charge in [-0.05, 0) is 40.9 Å². The van der Waals surface area contributed by atoms with Crippen molar-refractivity contribution in [1.29, 1.82) is 0 Å². The molecule has 0 saturated heterocycles. The number of nitrogens with one attached hydrogen (secondary N) is 1. The summed E-state index contributed by atoms with van der Waals surface area (Å²) in [5.74, 6) is 0.805. The van der Waals surface area contributed by atoms with Crippen molar-refractivity contribution in [3.8, 4) is 5.69 Å². The maximum Gasteiger partial charge on any atom is 0.170 e. The minimum Gasteiger partial charge on any atom is -0.302 e. The predicted octanol–water partition coefficient (Wildman–Crippen LogP) is 2.57. The third-order valence-electron chi connectivity index (χ3n) is 3.07. The topological polar surface area (TPSA) is 55.6 Å². The van der Waals surface area contributed by atoms with Crippen LogP contribution in [0.3, 0.4) is 0 Å². The normalized spacial score (nSPS) is 12.4. The molecule has 0 saturated carbocycles. The number of benzene rings is 1. The highest BCUT2D eigenvalue weighted by Gasteiger charge is 2.10. The van der Waals surface area contributed by atoms with Gasteiger partial charge in [-0.3, -0.25) is 0 Å². The minimum atomic E-state index is 0.288. The molecule has 0 radical (unpaired) electrons. The number of tetrazole rings is 1. The molecule has 3 aromatic rings. The van der Waals surface area contributed by atoms with E-state index < -0.39 is 0 Å². The molecule has 1 unspecified atom stereocenters. The van der Waals surface area contributed by atoms with Gasteiger partial charge in [-0.15, -0.1) is 16.4 Å². The van der Waals surface area contributed by atoms with Crippen LogP contribution in [-0.2, 0) is 6.54 Å². The van der Waals surface area contributed by atoms with Gasteiger partial charge >= 0.3 is 0 Å². The van der Waals surface area contributed by atoms with Crippen LogP contribution < -0.4 is 5.32 Å². The summed E-state index contributed by atoms with van der Waals surface area (Å²) in [4.78, 5) is 1.31. The maximum absolute atomic E-state index is 4.09. The first-order valence-electron chi connectivity index (χ1n) is 6.44. The Labute approximate surface area is 121 Å². The standard InChI is InChI=1S/C14H15N5S/c1-11(13-8-5-9-20-13)15-10-14-16-17-18-19(14)12-6-3-2-4-7-12/h2-9,11,15H,10H2,1H3. The van der Waals surface area contributed by atoms with Gasteiger partial charge in [-0.1, -0.05) is 24.3 Å². The predicted molar refractivity (Wildman–Crippen MR) is 78.7 cm³/mol. The van der Waals surface area contributed by atoms with Crippen molar-refractivity contribution in [1.82, 2.24) is 25.5 Å². The number of hydrogen-bond acceptors (Lipinski definition) is 5. The summed E-state index contributed by atoms with van der Waals surface area (Å²) in [6.07, 6.45) is 0. The molecule has 5 nitrogen and oxygen atoms in total. The van der Waals surface area contributed by atoms with Crippen LogP contribution in [0.2, 0.25) is 0 Å². The Hall–Kier alpha value is -2.05. The Morgan fingerprint density at radius 1 is 1.20 bits per heavy atom. The molecule has 6 heteroatoms. The molecule has 102 valence electrons. The zero-order valence-corrected chi connectivity index (χ0v) is 11.9. The summed E-state index contributed by atoms with van der Waals surface area (Å²) < 4.78 is 1.76. The first-order chi connectivity index (χ1) is 9.84. The average Bonchev–Trinajstić information content (AvgIpc) is 3.17. The highest BCUT2D eigenvalue weighted by molar-refractivity contribution is 7.10. The molecule has 3 rings (SSSR count). The van der Waals surface area contributed by atoms with Crippen molar-refractivity contribution < 1.29 is 0 Å². The highest BCUT2D eigenvalue weighted by Crippen LogP contribution is 2.18. The van der Waals surface area contributed by atoms with Gasteiger partial charge in [0.2, 0.25) is 0 Å². The number of rotatable bonds is 5. The van der Waals surface area contributed by atoms with Crippen molar-refractivity contribution in [3.05, 3.63) is 58.5 Å². The lowest BCUT2D eigenvalue weighted by Gasteiger charge is -2.11. The van der Waals surface area contributed by atoms with E-state index in [0.717, 1.165) is 11.5 Å². The van der Waals surface area contributed by atoms with Crippen LogP contribution in [0.5, 0.6) is 0 Å². The molecule has 1 N–H and O–H groups in total. The van der Waals surface area contributed by atoms with E-state index >= 15 is 0 Å². The largest absolute Gasteiger partial charge is 0.302 e. The molecule has 0 aliphatic carbocycles. The number of para-hydroxylation sites is 1. The zero-order chi connectivity index (χ0) is 13.8. The van der Waals surface area contributed by atoms with Gasteiger partial charge in [0.1, 0.15) is 0 Å². The molecule has 0 aliphatic rings. The Balaban J connectivity index is 1.72. The van der Waals surface area contributed by atoms with E-state index in [0.29, 0.717) is 6.54 Å². The zero-order valence-electron chi connectivity index (χ0n) is 11.1. The lowest BCUT2D eigenvalue weighted by Crippen LogP contribution is -2.20. The van der Waals surface area contributed by atoms with Crippen molar-refractivity contribution in [2.75, 3.05) is 0 Å². The van der Waals surface area contributed by atoms with E-state index in [2.05, 4.69) is 45.3 Å². The summed E-state index contributed by atoms with van der Waals surface area (Å²) in [5.41, 5.74) is 0.970. The van der Waals surface area contributed by atoms with Gasteiger partial charge < -0.3 is 5.32 Å². The molecule has 0 aliphatic heterocycles. The smallest absolute Gasteiger partial charge is 0.170 e. The van der Waals surface area contributed by atoms with Crippen molar-refractivity contribution >= 4 is 11.3 Å². The van der Waals surface area contributed by atoms with Crippen LogP contribution in [0.4, 0.5) is 0 Å². The van der Waals surface area contributed by atoms with Crippen molar-refractivity contribution in [3.63, 3.8) is 0 Å². The average molecular weight is 285 g/mol. The molecule has 1 atom stereocenters. The molecule has 0 amide bonds. The molecule has 2 heterocycles. The summed E-state index contributed by atoms with van der Waals surface area (Å²) in [6, 6.07) is 14.4. The molecule has 0 bridgehead atoms. The van der Waals surface area contributed by atoms with E-state index in [9.17, 15) is 0 Å². The van der Waals surface area contributed by atoms with Crippen LogP contribution >= 0.6 is 11.3 Å². The molecule has 0 spiro atoms. The summed E-state index contributed by atoms with van der Waals surface area (Å²) in [6.45, 7) is 2.77. The lowest BCUT2D eigenvalue weighted by molar-refractivity contribution is 0.557. The van der Waals surface area contributed by atoms with E-state index in [1.807, 2.05) is 30.3 Å². The number of thiophene rings is 1. The lowest BCUT2D eigenvalue weighted by atomic mass is 10.3. The molecule has 0 fully saturated rings. The second kappa shape index (κ2) is 5.94. The Morgan fingerprint density at radius 3 is 2.80 bits per heavy atom. The fourth-order valence-electron chi connectivity index (χ4n) is 1.97. The van der Waals surface area contributed by atoms with Crippen LogP contribution in [0, 0.1) is 0 Å². The second-order valence-electron chi connectivity index (χ2n) is 4.46. The number of nitrogens with zero attached hydrogens (tertiary/aromatic N) is 4. The third kappa shape index (κ3) is 2.76. The summed E-state index contributed by atoms with van der Waals surface area (Å²) >= 11 is 1.75. The Kier molecular flexibility index (Phi) is 3.85. The van der Waals surface area contributed by atoms with Gasteiger partial charge in [0.05, 0.1) is 12.2 Å². The van der Waals surface area contributed by atoms with Crippen LogP contribution in [0.25, 0.3) is 5.69 Å². The molecular weight excluding hydrogens is 270 g/mol. The van der Waals surface area contributed by atoms with Crippen LogP contribution in [0.1, 0.15) is 23.7 Å². The molecule has 1 aromatic carbocycles. The summed E-state index contributed by atoms with van der Waals surface area (Å²) in [7, 11) is 0. The Morgan fingerprint density at radius 2 is 2.05 bits per heavy atom. The quantitative estimate of drug-likeness (QED) is 0.783. The number of hydrogen-bond donors (Lipinski definition) is 1. The van der Waals surface area contributed by atoms with E-state index in [-0.39, 0.29) is 6.04 Å². The Bertz CT molecular complexity index is 647. The summed E-state index contributed by atoms with van der Waals surface area (Å²) in [5, 5.41) is 17.4. The minimum absolute atomic E-state index is 0.288. The SMILES string of the molecule is CC(NCc1nnnn1-c1ccccc1)c1cccs1. The van der Waals surface area contributed by atoms with E-state index in [4.69, 9.17) is 0 Å². The fourth-order valence-corrected chi connectivity index (χ4v) is 2.73. The first-order valence-corrected chi connectivity index (χ1v) is 7.32. The van der Waals surface area contributed by atoms with E-state index in [1.54, 1.807) is 16.0 Å². The molecular formula is C14H15N5S. The van der Waals surface area contributed by atoms with Gasteiger partial charge in [-0.25, -0.2) is 0 Å². The van der Waals surface area contributed by atoms with Gasteiger partial charge in [0, 0.05) is 10.9 Å². The van der Waals surface area contributed by atoms with Gasteiger partial charge in [0.25, 0.3) is 0 Å². The first kappa shape index (κ1) is 13.0. The highest BCUT2D eigenvalue weighted by atomic mass is 32.1. The second-order valence-corrected chi connectivity index (χ2v) is 5.44. The molecule has 20 heavy (non-hydrogen) atoms.